The van der Waals surface area contributed by atoms with Crippen LogP contribution in [0.1, 0.15) is 75.4 Å². The third-order valence-corrected chi connectivity index (χ3v) is 11.7. The molecule has 3 fully saturated rings. The van der Waals surface area contributed by atoms with Crippen LogP contribution in [0, 0.1) is 23.1 Å². The van der Waals surface area contributed by atoms with E-state index in [-0.39, 0.29) is 59.7 Å². The Morgan fingerprint density at radius 3 is 2.45 bits per heavy atom. The van der Waals surface area contributed by atoms with Gasteiger partial charge in [-0.2, -0.15) is 18.4 Å². The number of rotatable bonds is 13. The zero-order chi connectivity index (χ0) is 43.7. The first kappa shape index (κ1) is 44.2. The molecular weight excluding hydrogens is 803 g/mol. The number of ketones is 1. The molecular formula is C43H47F4N7O5S. The van der Waals surface area contributed by atoms with Gasteiger partial charge in [0.05, 0.1) is 24.0 Å². The second-order valence-electron chi connectivity index (χ2n) is 16.6. The summed E-state index contributed by atoms with van der Waals surface area (Å²) < 4.78 is 62.1. The molecule has 3 aliphatic heterocycles. The molecule has 1 atom stereocenters. The van der Waals surface area contributed by atoms with Gasteiger partial charge in [-0.3, -0.25) is 39.2 Å². The Kier molecular flexibility index (Phi) is 12.8. The summed E-state index contributed by atoms with van der Waals surface area (Å²) in [4.78, 5) is 61.4. The van der Waals surface area contributed by atoms with Crippen molar-refractivity contribution in [1.82, 2.24) is 20.1 Å². The van der Waals surface area contributed by atoms with Gasteiger partial charge >= 0.3 is 6.18 Å². The summed E-state index contributed by atoms with van der Waals surface area (Å²) in [6.45, 7) is 12.5. The van der Waals surface area contributed by atoms with E-state index in [0.717, 1.165) is 16.7 Å². The molecule has 3 saturated heterocycles. The van der Waals surface area contributed by atoms with Crippen molar-refractivity contribution in [3.05, 3.63) is 82.4 Å². The molecule has 0 bridgehead atoms. The van der Waals surface area contributed by atoms with E-state index in [1.165, 1.54) is 18.2 Å². The van der Waals surface area contributed by atoms with Gasteiger partial charge in [-0.1, -0.05) is 13.0 Å². The molecule has 3 amide bonds. The number of Topliss-reactive ketones (excluding diaryl/α,β-unsaturated/α-hetero) is 1. The third-order valence-electron chi connectivity index (χ3n) is 11.3. The molecule has 2 aromatic carbocycles. The predicted molar refractivity (Wildman–Crippen MR) is 219 cm³/mol. The molecule has 3 aliphatic rings. The SMILES string of the molecule is CCc1cc(N2C(=S)N(c3cnc(C#N)c(C(F)(F)F)c3)C(=O)C2(C)C)ccc1OCCN1CCN(CC(=O)Cc2cc(F)cc(CC3CCC(=O)NC3=O)c2)C(C)(C)C1. The molecule has 0 spiro atoms. The van der Waals surface area contributed by atoms with Crippen LogP contribution in [0.4, 0.5) is 28.9 Å². The van der Waals surface area contributed by atoms with Crippen LogP contribution < -0.4 is 19.9 Å². The number of carbonyl (C=O) groups is 4. The monoisotopic (exact) mass is 849 g/mol. The Bertz CT molecular complexity index is 2260. The number of hydrogen-bond acceptors (Lipinski definition) is 10. The summed E-state index contributed by atoms with van der Waals surface area (Å²) in [6, 6.07) is 12.0. The number of piperidine rings is 1. The molecule has 3 aromatic rings. The molecule has 1 aromatic heterocycles. The first-order valence-electron chi connectivity index (χ1n) is 19.7. The Morgan fingerprint density at radius 1 is 1.05 bits per heavy atom. The molecule has 1 unspecified atom stereocenters. The van der Waals surface area contributed by atoms with Crippen LogP contribution in [0.3, 0.4) is 0 Å². The highest BCUT2D eigenvalue weighted by atomic mass is 32.1. The van der Waals surface area contributed by atoms with Crippen LogP contribution >= 0.6 is 12.2 Å². The number of piperazine rings is 1. The van der Waals surface area contributed by atoms with Crippen molar-refractivity contribution in [3.63, 3.8) is 0 Å². The summed E-state index contributed by atoms with van der Waals surface area (Å²) in [5, 5.41) is 11.5. The lowest BCUT2D eigenvalue weighted by molar-refractivity contribution is -0.138. The maximum Gasteiger partial charge on any atom is 0.419 e. The highest BCUT2D eigenvalue weighted by Gasteiger charge is 2.51. The Hall–Kier alpha value is -5.31. The summed E-state index contributed by atoms with van der Waals surface area (Å²) in [7, 11) is 0. The minimum Gasteiger partial charge on any atom is -0.492 e. The summed E-state index contributed by atoms with van der Waals surface area (Å²) in [5.41, 5.74) is -1.33. The number of amides is 3. The van der Waals surface area contributed by atoms with E-state index in [1.807, 2.05) is 13.0 Å². The zero-order valence-electron chi connectivity index (χ0n) is 34.1. The topological polar surface area (TPSA) is 139 Å². The number of nitriles is 1. The summed E-state index contributed by atoms with van der Waals surface area (Å²) >= 11 is 5.69. The van der Waals surface area contributed by atoms with Gasteiger partial charge < -0.3 is 9.64 Å². The molecule has 4 heterocycles. The van der Waals surface area contributed by atoms with Gasteiger partial charge in [0.15, 0.2) is 16.6 Å². The molecule has 60 heavy (non-hydrogen) atoms. The average Bonchev–Trinajstić information content (AvgIpc) is 3.34. The van der Waals surface area contributed by atoms with Crippen molar-refractivity contribution in [3.8, 4) is 11.8 Å². The number of nitrogens with zero attached hydrogens (tertiary/aromatic N) is 6. The number of ether oxygens (including phenoxy) is 1. The third kappa shape index (κ3) is 9.51. The largest absolute Gasteiger partial charge is 0.492 e. The number of pyridine rings is 1. The van der Waals surface area contributed by atoms with Crippen molar-refractivity contribution in [2.24, 2.45) is 5.92 Å². The van der Waals surface area contributed by atoms with E-state index in [9.17, 15) is 42.0 Å². The van der Waals surface area contributed by atoms with Crippen LogP contribution in [0.2, 0.25) is 0 Å². The highest BCUT2D eigenvalue weighted by Crippen LogP contribution is 2.40. The molecule has 1 N–H and O–H groups in total. The Balaban J connectivity index is 1.04. The number of benzene rings is 2. The number of anilines is 2. The number of nitrogens with one attached hydrogen (secondary N) is 1. The Morgan fingerprint density at radius 2 is 1.78 bits per heavy atom. The van der Waals surface area contributed by atoms with Gasteiger partial charge in [0, 0.05) is 56.2 Å². The first-order valence-corrected chi connectivity index (χ1v) is 20.2. The van der Waals surface area contributed by atoms with E-state index < -0.39 is 40.6 Å². The maximum atomic E-state index is 14.6. The lowest BCUT2D eigenvalue weighted by atomic mass is 9.90. The van der Waals surface area contributed by atoms with Crippen molar-refractivity contribution in [2.75, 3.05) is 49.1 Å². The van der Waals surface area contributed by atoms with Crippen molar-refractivity contribution < 1.29 is 41.5 Å². The molecule has 12 nitrogen and oxygen atoms in total. The lowest BCUT2D eigenvalue weighted by Gasteiger charge is -2.47. The fourth-order valence-electron chi connectivity index (χ4n) is 8.17. The van der Waals surface area contributed by atoms with Crippen molar-refractivity contribution in [1.29, 1.82) is 5.26 Å². The number of alkyl halides is 3. The molecule has 0 saturated carbocycles. The van der Waals surface area contributed by atoms with Gasteiger partial charge in [0.2, 0.25) is 11.8 Å². The summed E-state index contributed by atoms with van der Waals surface area (Å²) in [6.07, 6.45) is -2.28. The van der Waals surface area contributed by atoms with E-state index in [0.29, 0.717) is 74.3 Å². The number of thiocarbonyl (C=S) groups is 1. The van der Waals surface area contributed by atoms with Gasteiger partial charge in [0.25, 0.3) is 5.91 Å². The standard InChI is InChI=1S/C43H47F4N7O5S/c1-6-28-20-31(54-40(60)53(39(58)42(54,4)5)32-21-34(43(45,46)47)35(22-48)49-23-32)8-9-36(28)59-14-13-51-11-12-52(41(2,3)25-51)24-33(55)19-27-15-26(17-30(44)18-27)16-29-7-10-37(56)50-38(29)57/h8-9,15,17-18,20-21,23,29H,6-7,10-14,16,19,24-25H2,1-5H3,(H,50,56,57). The second kappa shape index (κ2) is 17.3. The van der Waals surface area contributed by atoms with Gasteiger partial charge in [-0.05, 0) is 112 Å². The molecule has 0 radical (unpaired) electrons. The molecule has 6 rings (SSSR count). The minimum atomic E-state index is -4.87. The van der Waals surface area contributed by atoms with Crippen LogP contribution in [-0.4, -0.2) is 93.8 Å². The number of aryl methyl sites for hydroxylation is 1. The number of hydrogen-bond donors (Lipinski definition) is 1. The molecule has 17 heteroatoms. The quantitative estimate of drug-likeness (QED) is 0.127. The van der Waals surface area contributed by atoms with Crippen LogP contribution in [0.5, 0.6) is 5.75 Å². The molecule has 318 valence electrons. The predicted octanol–water partition coefficient (Wildman–Crippen LogP) is 5.77. The normalized spacial score (nSPS) is 19.7. The van der Waals surface area contributed by atoms with Gasteiger partial charge in [-0.15, -0.1) is 0 Å². The van der Waals surface area contributed by atoms with E-state index in [1.54, 1.807) is 36.9 Å². The fraction of sp³-hybridized carbons (Fsp3) is 0.465. The maximum absolute atomic E-state index is 14.6. The van der Waals surface area contributed by atoms with E-state index >= 15 is 0 Å². The average molecular weight is 850 g/mol. The molecule has 0 aliphatic carbocycles. The summed E-state index contributed by atoms with van der Waals surface area (Å²) in [5.74, 6) is -1.54. The van der Waals surface area contributed by atoms with Gasteiger partial charge in [0.1, 0.15) is 29.8 Å². The van der Waals surface area contributed by atoms with Gasteiger partial charge in [-0.25, -0.2) is 9.37 Å². The van der Waals surface area contributed by atoms with E-state index in [2.05, 4.69) is 33.9 Å². The van der Waals surface area contributed by atoms with E-state index in [4.69, 9.17) is 17.0 Å². The number of aromatic nitrogens is 1. The smallest absolute Gasteiger partial charge is 0.419 e. The van der Waals surface area contributed by atoms with Crippen LogP contribution in [0.15, 0.2) is 48.7 Å². The number of halogens is 4. The Labute approximate surface area is 351 Å². The number of carbonyl (C=O) groups excluding carboxylic acids is 4. The second-order valence-corrected chi connectivity index (χ2v) is 16.9. The van der Waals surface area contributed by atoms with Crippen molar-refractivity contribution >= 4 is 52.2 Å². The highest BCUT2D eigenvalue weighted by molar-refractivity contribution is 7.81. The number of imide groups is 1. The first-order chi connectivity index (χ1) is 28.2. The zero-order valence-corrected chi connectivity index (χ0v) is 34.9. The van der Waals surface area contributed by atoms with Crippen LogP contribution in [0.25, 0.3) is 0 Å². The fourth-order valence-corrected chi connectivity index (χ4v) is 8.69. The van der Waals surface area contributed by atoms with Crippen molar-refractivity contribution in [2.45, 2.75) is 84.0 Å². The lowest BCUT2D eigenvalue weighted by Crippen LogP contribution is -2.60. The van der Waals surface area contributed by atoms with Crippen LogP contribution in [-0.2, 0) is 44.6 Å². The minimum absolute atomic E-state index is 0.0334.